The van der Waals surface area contributed by atoms with Gasteiger partial charge in [0.2, 0.25) is 11.8 Å². The van der Waals surface area contributed by atoms with Crippen LogP contribution >= 0.6 is 22.7 Å². The maximum atomic E-state index is 13.0. The van der Waals surface area contributed by atoms with E-state index >= 15 is 0 Å². The van der Waals surface area contributed by atoms with Crippen LogP contribution in [0.4, 0.5) is 0 Å². The first kappa shape index (κ1) is 20.3. The summed E-state index contributed by atoms with van der Waals surface area (Å²) in [5.41, 5.74) is 0. The molecule has 3 fully saturated rings. The number of carbonyl (C=O) groups is 2. The summed E-state index contributed by atoms with van der Waals surface area (Å²) in [5.74, 6) is 1.83. The minimum Gasteiger partial charge on any atom is -0.342 e. The van der Waals surface area contributed by atoms with Gasteiger partial charge in [0.05, 0.1) is 0 Å². The first-order valence-corrected chi connectivity index (χ1v) is 12.7. The summed E-state index contributed by atoms with van der Waals surface area (Å²) in [6, 6.07) is 8.95. The van der Waals surface area contributed by atoms with Crippen LogP contribution in [0.25, 0.3) is 0 Å². The van der Waals surface area contributed by atoms with Crippen molar-refractivity contribution in [1.82, 2.24) is 9.80 Å². The third-order valence-electron chi connectivity index (χ3n) is 7.14. The molecule has 30 heavy (non-hydrogen) atoms. The van der Waals surface area contributed by atoms with Crippen LogP contribution in [-0.2, 0) is 9.59 Å². The van der Waals surface area contributed by atoms with E-state index in [4.69, 9.17) is 0 Å². The lowest BCUT2D eigenvalue weighted by molar-refractivity contribution is -0.137. The Morgan fingerprint density at radius 1 is 0.900 bits per heavy atom. The fraction of sp³-hybridized carbons (Fsp3) is 0.583. The van der Waals surface area contributed by atoms with E-state index in [2.05, 4.69) is 38.1 Å². The zero-order valence-corrected chi connectivity index (χ0v) is 19.6. The Kier molecular flexibility index (Phi) is 5.26. The van der Waals surface area contributed by atoms with Gasteiger partial charge in [-0.05, 0) is 63.8 Å². The molecule has 0 aromatic carbocycles. The largest absolute Gasteiger partial charge is 0.342 e. The third kappa shape index (κ3) is 3.84. The number of amides is 2. The second kappa shape index (κ2) is 7.79. The monoisotopic (exact) mass is 442 g/mol. The van der Waals surface area contributed by atoms with Crippen LogP contribution in [0.3, 0.4) is 0 Å². The van der Waals surface area contributed by atoms with Crippen LogP contribution in [0.1, 0.15) is 57.0 Å². The summed E-state index contributed by atoms with van der Waals surface area (Å²) in [5, 5.41) is 0. The van der Waals surface area contributed by atoms with Crippen molar-refractivity contribution in [3.05, 3.63) is 43.8 Å². The van der Waals surface area contributed by atoms with Gasteiger partial charge in [0, 0.05) is 69.4 Å². The zero-order chi connectivity index (χ0) is 21.0. The fourth-order valence-electron chi connectivity index (χ4n) is 5.02. The Morgan fingerprint density at radius 3 is 1.97 bits per heavy atom. The number of nitrogens with zero attached hydrogens (tertiary/aromatic N) is 2. The minimum absolute atomic E-state index is 0.161. The molecule has 160 valence electrons. The highest BCUT2D eigenvalue weighted by Crippen LogP contribution is 2.52. The number of carbonyl (C=O) groups excluding carboxylic acids is 2. The van der Waals surface area contributed by atoms with Crippen LogP contribution in [0.5, 0.6) is 0 Å². The molecular weight excluding hydrogens is 412 g/mol. The molecule has 5 rings (SSSR count). The normalized spacial score (nSPS) is 28.4. The smallest absolute Gasteiger partial charge is 0.226 e. The van der Waals surface area contributed by atoms with Gasteiger partial charge in [-0.1, -0.05) is 0 Å². The van der Waals surface area contributed by atoms with Crippen molar-refractivity contribution in [3.8, 4) is 0 Å². The van der Waals surface area contributed by atoms with E-state index < -0.39 is 0 Å². The van der Waals surface area contributed by atoms with E-state index in [-0.39, 0.29) is 17.9 Å². The second-order valence-electron chi connectivity index (χ2n) is 9.30. The molecule has 6 heteroatoms. The van der Waals surface area contributed by atoms with Crippen molar-refractivity contribution in [3.63, 3.8) is 0 Å². The number of likely N-dealkylation sites (tertiary alicyclic amines) is 1. The highest BCUT2D eigenvalue weighted by atomic mass is 32.1. The van der Waals surface area contributed by atoms with Gasteiger partial charge >= 0.3 is 0 Å². The molecule has 3 heterocycles. The Labute approximate surface area is 186 Å². The highest BCUT2D eigenvalue weighted by Gasteiger charge is 2.48. The van der Waals surface area contributed by atoms with Gasteiger partial charge in [-0.3, -0.25) is 9.59 Å². The van der Waals surface area contributed by atoms with Crippen LogP contribution in [0.2, 0.25) is 0 Å². The Morgan fingerprint density at radius 2 is 1.43 bits per heavy atom. The van der Waals surface area contributed by atoms with Gasteiger partial charge in [0.15, 0.2) is 0 Å². The molecule has 1 saturated heterocycles. The van der Waals surface area contributed by atoms with Gasteiger partial charge in [0.1, 0.15) is 0 Å². The number of hydrogen-bond acceptors (Lipinski definition) is 4. The van der Waals surface area contributed by atoms with Crippen LogP contribution < -0.4 is 0 Å². The standard InChI is InChI=1S/C24H30N2O2S2/c1-14-4-6-21(29-14)17-12-19(17)23(27)25(3)16-8-10-26(11-9-16)24(28)20-13-18(20)22-7-5-15(2)30-22/h4-7,16-20H,8-13H2,1-3H3/t17-,18+,19-,20-/m0/s1. The average Bonchev–Trinajstić information content (AvgIpc) is 3.64. The maximum absolute atomic E-state index is 13.0. The predicted octanol–water partition coefficient (Wildman–Crippen LogP) is 4.78. The number of hydrogen-bond donors (Lipinski definition) is 0. The molecule has 0 N–H and O–H groups in total. The second-order valence-corrected chi connectivity index (χ2v) is 11.9. The molecule has 3 aliphatic rings. The van der Waals surface area contributed by atoms with Crippen LogP contribution in [0, 0.1) is 25.7 Å². The van der Waals surface area contributed by atoms with Crippen molar-refractivity contribution in [2.24, 2.45) is 11.8 Å². The van der Waals surface area contributed by atoms with Gasteiger partial charge in [0.25, 0.3) is 0 Å². The summed E-state index contributed by atoms with van der Waals surface area (Å²) >= 11 is 3.65. The van der Waals surface area contributed by atoms with Crippen molar-refractivity contribution >= 4 is 34.5 Å². The average molecular weight is 443 g/mol. The third-order valence-corrected chi connectivity index (χ3v) is 9.41. The molecular formula is C24H30N2O2S2. The highest BCUT2D eigenvalue weighted by molar-refractivity contribution is 7.12. The number of rotatable bonds is 5. The first-order chi connectivity index (χ1) is 14.4. The molecule has 0 spiro atoms. The van der Waals surface area contributed by atoms with Crippen LogP contribution in [-0.4, -0.2) is 47.8 Å². The molecule has 4 nitrogen and oxygen atoms in total. The summed E-state index contributed by atoms with van der Waals surface area (Å²) in [6.07, 6.45) is 3.80. The summed E-state index contributed by atoms with van der Waals surface area (Å²) in [7, 11) is 1.97. The SMILES string of the molecule is Cc1ccc([C@H]2C[C@@H]2C(=O)N(C)C2CCN(C(=O)[C@H]3C[C@H]3c3ccc(C)s3)CC2)s1. The molecule has 2 aromatic rings. The summed E-state index contributed by atoms with van der Waals surface area (Å²) in [4.78, 5) is 35.3. The minimum atomic E-state index is 0.161. The predicted molar refractivity (Wildman–Crippen MR) is 122 cm³/mol. The topological polar surface area (TPSA) is 40.6 Å². The van der Waals surface area contributed by atoms with Gasteiger partial charge in [-0.25, -0.2) is 0 Å². The molecule has 0 bridgehead atoms. The lowest BCUT2D eigenvalue weighted by Gasteiger charge is -2.37. The quantitative estimate of drug-likeness (QED) is 0.668. The van der Waals surface area contributed by atoms with E-state index in [1.54, 1.807) is 0 Å². The Balaban J connectivity index is 1.11. The zero-order valence-electron chi connectivity index (χ0n) is 18.0. The van der Waals surface area contributed by atoms with E-state index in [0.29, 0.717) is 23.7 Å². The van der Waals surface area contributed by atoms with Gasteiger partial charge in [-0.2, -0.15) is 0 Å². The molecule has 0 radical (unpaired) electrons. The van der Waals surface area contributed by atoms with Crippen molar-refractivity contribution in [1.29, 1.82) is 0 Å². The fourth-order valence-corrected chi connectivity index (χ4v) is 7.13. The molecule has 2 saturated carbocycles. The Bertz CT molecular complexity index is 956. The Hall–Kier alpha value is -1.66. The summed E-state index contributed by atoms with van der Waals surface area (Å²) < 4.78 is 0. The van der Waals surface area contributed by atoms with Gasteiger partial charge in [-0.15, -0.1) is 22.7 Å². The number of piperidine rings is 1. The van der Waals surface area contributed by atoms with E-state index in [0.717, 1.165) is 38.8 Å². The lowest BCUT2D eigenvalue weighted by Crippen LogP contribution is -2.48. The van der Waals surface area contributed by atoms with E-state index in [1.165, 1.54) is 19.5 Å². The molecule has 2 amide bonds. The van der Waals surface area contributed by atoms with Crippen molar-refractivity contribution in [2.75, 3.05) is 20.1 Å². The molecule has 0 unspecified atom stereocenters. The van der Waals surface area contributed by atoms with Crippen molar-refractivity contribution in [2.45, 2.75) is 57.4 Å². The van der Waals surface area contributed by atoms with Gasteiger partial charge < -0.3 is 9.80 Å². The van der Waals surface area contributed by atoms with E-state index in [9.17, 15) is 9.59 Å². The van der Waals surface area contributed by atoms with E-state index in [1.807, 2.05) is 39.5 Å². The molecule has 2 aromatic heterocycles. The van der Waals surface area contributed by atoms with Crippen molar-refractivity contribution < 1.29 is 9.59 Å². The molecule has 4 atom stereocenters. The number of aryl methyl sites for hydroxylation is 2. The molecule has 2 aliphatic carbocycles. The first-order valence-electron chi connectivity index (χ1n) is 11.1. The molecule has 1 aliphatic heterocycles. The van der Waals surface area contributed by atoms with Crippen LogP contribution in [0.15, 0.2) is 24.3 Å². The maximum Gasteiger partial charge on any atom is 0.226 e. The number of thiophene rings is 2. The summed E-state index contributed by atoms with van der Waals surface area (Å²) in [6.45, 7) is 5.82. The lowest BCUT2D eigenvalue weighted by atomic mass is 10.0.